The maximum atomic E-state index is 13.2. The molecule has 9 heteroatoms. The van der Waals surface area contributed by atoms with Crippen molar-refractivity contribution in [2.45, 2.75) is 57.5 Å². The number of carbonyl (C=O) groups is 2. The molecule has 1 amide bonds. The number of aliphatic carboxylic acids is 1. The van der Waals surface area contributed by atoms with Crippen LogP contribution >= 0.6 is 22.6 Å². The minimum Gasteiger partial charge on any atom is -0.481 e. The third-order valence-electron chi connectivity index (χ3n) is 7.14. The zero-order valence-corrected chi connectivity index (χ0v) is 22.6. The Balaban J connectivity index is 1.53. The zero-order chi connectivity index (χ0) is 25.6. The molecule has 1 N–H and O–H groups in total. The van der Waals surface area contributed by atoms with Crippen molar-refractivity contribution < 1.29 is 19.4 Å². The third-order valence-corrected chi connectivity index (χ3v) is 8.31. The lowest BCUT2D eigenvalue weighted by molar-refractivity contribution is -0.143. The quantitative estimate of drug-likeness (QED) is 0.279. The van der Waals surface area contributed by atoms with E-state index in [1.165, 1.54) is 9.65 Å². The Morgan fingerprint density at radius 2 is 1.92 bits per heavy atom. The van der Waals surface area contributed by atoms with Gasteiger partial charge in [0.05, 0.1) is 17.1 Å². The number of benzene rings is 1. The summed E-state index contributed by atoms with van der Waals surface area (Å²) in [5, 5.41) is 13.8. The number of carbonyl (C=O) groups excluding carboxylic acids is 1. The summed E-state index contributed by atoms with van der Waals surface area (Å²) < 4.78 is 9.13. The van der Waals surface area contributed by atoms with Crippen LogP contribution in [0.25, 0.3) is 11.0 Å². The van der Waals surface area contributed by atoms with Gasteiger partial charge in [-0.1, -0.05) is 6.58 Å². The van der Waals surface area contributed by atoms with Crippen molar-refractivity contribution in [2.75, 3.05) is 4.90 Å². The maximum Gasteiger partial charge on any atom is 0.306 e. The summed E-state index contributed by atoms with van der Waals surface area (Å²) in [7, 11) is 1.83. The van der Waals surface area contributed by atoms with Gasteiger partial charge in [-0.05, 0) is 115 Å². The van der Waals surface area contributed by atoms with Gasteiger partial charge < -0.3 is 9.84 Å². The van der Waals surface area contributed by atoms with Crippen LogP contribution in [0, 0.1) is 16.4 Å². The number of pyridine rings is 1. The summed E-state index contributed by atoms with van der Waals surface area (Å²) >= 11 is 2.34. The molecule has 0 bridgehead atoms. The van der Waals surface area contributed by atoms with E-state index in [-0.39, 0.29) is 17.9 Å². The van der Waals surface area contributed by atoms with E-state index in [9.17, 15) is 14.7 Å². The number of rotatable bonds is 7. The molecule has 0 atom stereocenters. The Labute approximate surface area is 223 Å². The van der Waals surface area contributed by atoms with Gasteiger partial charge >= 0.3 is 5.97 Å². The number of anilines is 2. The SMILES string of the molecule is C=CC(=O)N(c1ccc2c(n1)c(OC1CCC(C(=O)O)CC1)nn2C)c1cc(C)c(I)cc1C1CC1. The second-order valence-electron chi connectivity index (χ2n) is 9.71. The Kier molecular flexibility index (Phi) is 6.76. The normalized spacial score (nSPS) is 19.8. The zero-order valence-electron chi connectivity index (χ0n) is 20.4. The molecule has 0 aliphatic heterocycles. The van der Waals surface area contributed by atoms with Crippen molar-refractivity contribution in [2.24, 2.45) is 13.0 Å². The number of carboxylic acids is 1. The van der Waals surface area contributed by atoms with Crippen molar-refractivity contribution in [1.29, 1.82) is 0 Å². The van der Waals surface area contributed by atoms with E-state index in [4.69, 9.17) is 9.72 Å². The first-order valence-electron chi connectivity index (χ1n) is 12.3. The summed E-state index contributed by atoms with van der Waals surface area (Å²) in [6.07, 6.45) is 5.90. The number of hydrogen-bond acceptors (Lipinski definition) is 5. The van der Waals surface area contributed by atoms with Gasteiger partial charge in [-0.3, -0.25) is 19.2 Å². The fraction of sp³-hybridized carbons (Fsp3) is 0.407. The Bertz CT molecular complexity index is 1360. The number of nitrogens with zero attached hydrogens (tertiary/aromatic N) is 4. The molecule has 0 spiro atoms. The molecule has 2 heterocycles. The molecular formula is C27H29IN4O4. The van der Waals surface area contributed by atoms with Crippen LogP contribution in [-0.2, 0) is 16.6 Å². The van der Waals surface area contributed by atoms with Crippen molar-refractivity contribution in [3.8, 4) is 5.88 Å². The molecule has 0 saturated heterocycles. The minimum absolute atomic E-state index is 0.115. The number of halogens is 1. The van der Waals surface area contributed by atoms with E-state index in [2.05, 4.69) is 46.4 Å². The summed E-state index contributed by atoms with van der Waals surface area (Å²) in [6.45, 7) is 5.78. The van der Waals surface area contributed by atoms with E-state index >= 15 is 0 Å². The van der Waals surface area contributed by atoms with Crippen LogP contribution in [0.4, 0.5) is 11.5 Å². The molecule has 2 aliphatic rings. The van der Waals surface area contributed by atoms with Crippen LogP contribution < -0.4 is 9.64 Å². The highest BCUT2D eigenvalue weighted by atomic mass is 127. The van der Waals surface area contributed by atoms with Gasteiger partial charge in [-0.15, -0.1) is 5.10 Å². The third kappa shape index (κ3) is 4.72. The van der Waals surface area contributed by atoms with Gasteiger partial charge in [0, 0.05) is 10.6 Å². The van der Waals surface area contributed by atoms with Crippen molar-refractivity contribution in [3.63, 3.8) is 0 Å². The van der Waals surface area contributed by atoms with Crippen molar-refractivity contribution in [1.82, 2.24) is 14.8 Å². The number of fused-ring (bicyclic) bond motifs is 1. The number of carboxylic acid groups (broad SMARTS) is 1. The van der Waals surface area contributed by atoms with Gasteiger partial charge in [-0.2, -0.15) is 0 Å². The standard InChI is InChI=1S/C27H29IN4O4/c1-4-24(33)32(22-13-15(2)20(28)14-19(22)16-5-6-16)23-12-11-21-25(29-23)26(30-31(21)3)36-18-9-7-17(8-10-18)27(34)35/h4,11-14,16-18H,1,5-10H2,2-3H3,(H,34,35). The first-order valence-corrected chi connectivity index (χ1v) is 13.3. The smallest absolute Gasteiger partial charge is 0.306 e. The monoisotopic (exact) mass is 600 g/mol. The lowest BCUT2D eigenvalue weighted by Gasteiger charge is -2.26. The van der Waals surface area contributed by atoms with Crippen LogP contribution in [0.5, 0.6) is 5.88 Å². The molecule has 36 heavy (non-hydrogen) atoms. The molecular weight excluding hydrogens is 571 g/mol. The number of ether oxygens (including phenoxy) is 1. The maximum absolute atomic E-state index is 13.2. The highest BCUT2D eigenvalue weighted by Crippen LogP contribution is 2.47. The summed E-state index contributed by atoms with van der Waals surface area (Å²) in [5.41, 5.74) is 4.46. The van der Waals surface area contributed by atoms with Gasteiger partial charge in [0.25, 0.3) is 11.8 Å². The molecule has 2 aromatic heterocycles. The molecule has 2 aliphatic carbocycles. The highest BCUT2D eigenvalue weighted by molar-refractivity contribution is 14.1. The number of hydrogen-bond donors (Lipinski definition) is 1. The van der Waals surface area contributed by atoms with Crippen molar-refractivity contribution >= 4 is 57.0 Å². The molecule has 3 aromatic rings. The van der Waals surface area contributed by atoms with E-state index in [0.717, 1.165) is 35.2 Å². The van der Waals surface area contributed by atoms with Gasteiger partial charge in [0.2, 0.25) is 0 Å². The van der Waals surface area contributed by atoms with Crippen LogP contribution in [0.15, 0.2) is 36.9 Å². The molecule has 2 fully saturated rings. The van der Waals surface area contributed by atoms with E-state index in [1.807, 2.05) is 26.1 Å². The summed E-state index contributed by atoms with van der Waals surface area (Å²) in [4.78, 5) is 31.0. The van der Waals surface area contributed by atoms with Crippen LogP contribution in [0.3, 0.4) is 0 Å². The predicted octanol–water partition coefficient (Wildman–Crippen LogP) is 5.63. The van der Waals surface area contributed by atoms with Crippen LogP contribution in [0.2, 0.25) is 0 Å². The summed E-state index contributed by atoms with van der Waals surface area (Å²) in [5.74, 6) is 0.0274. The van der Waals surface area contributed by atoms with Gasteiger partial charge in [0.15, 0.2) is 5.52 Å². The number of aromatic nitrogens is 3. The average molecular weight is 600 g/mol. The molecule has 1 aromatic carbocycles. The molecule has 5 rings (SSSR count). The van der Waals surface area contributed by atoms with Crippen LogP contribution in [-0.4, -0.2) is 37.9 Å². The van der Waals surface area contributed by atoms with Crippen LogP contribution in [0.1, 0.15) is 55.6 Å². The second kappa shape index (κ2) is 9.84. The number of amides is 1. The van der Waals surface area contributed by atoms with E-state index in [1.54, 1.807) is 9.58 Å². The first-order chi connectivity index (χ1) is 17.3. The second-order valence-corrected chi connectivity index (χ2v) is 10.9. The van der Waals surface area contributed by atoms with E-state index < -0.39 is 5.97 Å². The summed E-state index contributed by atoms with van der Waals surface area (Å²) in [6, 6.07) is 7.97. The highest BCUT2D eigenvalue weighted by Gasteiger charge is 2.32. The molecule has 2 saturated carbocycles. The topological polar surface area (TPSA) is 97.6 Å². The van der Waals surface area contributed by atoms with Gasteiger partial charge in [-0.25, -0.2) is 4.98 Å². The first kappa shape index (κ1) is 24.7. The minimum atomic E-state index is -0.744. The van der Waals surface area contributed by atoms with Crippen molar-refractivity contribution in [3.05, 3.63) is 51.6 Å². The molecule has 0 radical (unpaired) electrons. The molecule has 8 nitrogen and oxygen atoms in total. The largest absolute Gasteiger partial charge is 0.481 e. The Hall–Kier alpha value is -2.95. The predicted molar refractivity (Wildman–Crippen MR) is 146 cm³/mol. The Morgan fingerprint density at radius 3 is 2.56 bits per heavy atom. The van der Waals surface area contributed by atoms with E-state index in [0.29, 0.717) is 48.8 Å². The Morgan fingerprint density at radius 1 is 1.19 bits per heavy atom. The number of aryl methyl sites for hydroxylation is 2. The lowest BCUT2D eigenvalue weighted by Crippen LogP contribution is -2.28. The fourth-order valence-corrected chi connectivity index (χ4v) is 5.42. The molecule has 188 valence electrons. The lowest BCUT2D eigenvalue weighted by atomic mass is 9.87. The average Bonchev–Trinajstić information content (AvgIpc) is 3.66. The van der Waals surface area contributed by atoms with Gasteiger partial charge in [0.1, 0.15) is 11.9 Å². The molecule has 0 unspecified atom stereocenters. The fourth-order valence-electron chi connectivity index (χ4n) is 4.93.